The smallest absolute Gasteiger partial charge is 0.122 e. The van der Waals surface area contributed by atoms with Crippen molar-refractivity contribution in [2.45, 2.75) is 45.6 Å². The summed E-state index contributed by atoms with van der Waals surface area (Å²) in [7, 11) is 1.67. The lowest BCUT2D eigenvalue weighted by Gasteiger charge is -2.13. The Labute approximate surface area is 105 Å². The highest BCUT2D eigenvalue weighted by Crippen LogP contribution is 2.20. The number of hydrogen-bond acceptors (Lipinski definition) is 2. The van der Waals surface area contributed by atoms with Gasteiger partial charge >= 0.3 is 0 Å². The molecule has 1 N–H and O–H groups in total. The third-order valence-electron chi connectivity index (χ3n) is 2.97. The fraction of sp³-hybridized carbons (Fsp3) is 0.600. The van der Waals surface area contributed by atoms with Crippen molar-refractivity contribution in [3.8, 4) is 5.75 Å². The summed E-state index contributed by atoms with van der Waals surface area (Å²) >= 11 is 0. The monoisotopic (exact) mass is 236 g/mol. The Balaban J connectivity index is 2.41. The van der Waals surface area contributed by atoms with Gasteiger partial charge in [0, 0.05) is 6.42 Å². The maximum absolute atomic E-state index is 9.98. The molecular formula is C15H24O2. The van der Waals surface area contributed by atoms with E-state index in [1.54, 1.807) is 7.11 Å². The number of para-hydroxylation sites is 1. The lowest BCUT2D eigenvalue weighted by Crippen LogP contribution is -2.11. The zero-order chi connectivity index (χ0) is 12.7. The third kappa shape index (κ3) is 5.22. The van der Waals surface area contributed by atoms with Crippen molar-refractivity contribution in [3.05, 3.63) is 29.8 Å². The SMILES string of the molecule is COc1ccccc1CC(O)CCCC(C)C. The van der Waals surface area contributed by atoms with Crippen molar-refractivity contribution in [1.29, 1.82) is 0 Å². The van der Waals surface area contributed by atoms with Crippen LogP contribution in [0.15, 0.2) is 24.3 Å². The molecule has 0 heterocycles. The normalized spacial score (nSPS) is 12.8. The lowest BCUT2D eigenvalue weighted by molar-refractivity contribution is 0.158. The first-order valence-electron chi connectivity index (χ1n) is 6.43. The fourth-order valence-corrected chi connectivity index (χ4v) is 1.99. The number of aliphatic hydroxyl groups is 1. The van der Waals surface area contributed by atoms with Crippen molar-refractivity contribution < 1.29 is 9.84 Å². The molecule has 0 aliphatic carbocycles. The van der Waals surface area contributed by atoms with Gasteiger partial charge < -0.3 is 9.84 Å². The van der Waals surface area contributed by atoms with Crippen LogP contribution in [0.25, 0.3) is 0 Å². The van der Waals surface area contributed by atoms with Crippen LogP contribution in [0.1, 0.15) is 38.7 Å². The molecule has 2 heteroatoms. The molecule has 0 fully saturated rings. The van der Waals surface area contributed by atoms with Crippen LogP contribution in [-0.4, -0.2) is 18.3 Å². The van der Waals surface area contributed by atoms with E-state index in [2.05, 4.69) is 13.8 Å². The van der Waals surface area contributed by atoms with Crippen LogP contribution in [0.4, 0.5) is 0 Å². The summed E-state index contributed by atoms with van der Waals surface area (Å²) in [6.45, 7) is 4.43. The maximum Gasteiger partial charge on any atom is 0.122 e. The van der Waals surface area contributed by atoms with Crippen molar-refractivity contribution >= 4 is 0 Å². The number of rotatable bonds is 7. The Hall–Kier alpha value is -1.02. The van der Waals surface area contributed by atoms with E-state index in [1.165, 1.54) is 6.42 Å². The molecule has 2 nitrogen and oxygen atoms in total. The highest BCUT2D eigenvalue weighted by atomic mass is 16.5. The van der Waals surface area contributed by atoms with Crippen LogP contribution < -0.4 is 4.74 Å². The molecule has 0 saturated heterocycles. The van der Waals surface area contributed by atoms with Gasteiger partial charge in [-0.25, -0.2) is 0 Å². The molecule has 96 valence electrons. The second-order valence-corrected chi connectivity index (χ2v) is 4.99. The topological polar surface area (TPSA) is 29.5 Å². The number of ether oxygens (including phenoxy) is 1. The second-order valence-electron chi connectivity index (χ2n) is 4.99. The molecule has 1 aromatic rings. The Morgan fingerprint density at radius 3 is 2.53 bits per heavy atom. The standard InChI is InChI=1S/C15H24O2/c1-12(2)7-6-9-14(16)11-13-8-4-5-10-15(13)17-3/h4-5,8,10,12,14,16H,6-7,9,11H2,1-3H3. The first-order chi connectivity index (χ1) is 8.13. The van der Waals surface area contributed by atoms with Crippen molar-refractivity contribution in [2.75, 3.05) is 7.11 Å². The van der Waals surface area contributed by atoms with Crippen LogP contribution >= 0.6 is 0 Å². The molecule has 0 aromatic heterocycles. The third-order valence-corrected chi connectivity index (χ3v) is 2.97. The van der Waals surface area contributed by atoms with Crippen LogP contribution in [0.3, 0.4) is 0 Å². The van der Waals surface area contributed by atoms with Crippen molar-refractivity contribution in [2.24, 2.45) is 5.92 Å². The predicted molar refractivity (Wildman–Crippen MR) is 71.4 cm³/mol. The molecule has 0 saturated carbocycles. The van der Waals surface area contributed by atoms with Gasteiger partial charge in [-0.15, -0.1) is 0 Å². The minimum absolute atomic E-state index is 0.259. The molecule has 0 aliphatic heterocycles. The first kappa shape index (κ1) is 14.0. The van der Waals surface area contributed by atoms with Gasteiger partial charge in [0.15, 0.2) is 0 Å². The van der Waals surface area contributed by atoms with Crippen molar-refractivity contribution in [3.63, 3.8) is 0 Å². The highest BCUT2D eigenvalue weighted by molar-refractivity contribution is 5.33. The molecule has 0 aliphatic rings. The first-order valence-corrected chi connectivity index (χ1v) is 6.43. The molecule has 1 atom stereocenters. The van der Waals surface area contributed by atoms with Crippen LogP contribution in [-0.2, 0) is 6.42 Å². The minimum Gasteiger partial charge on any atom is -0.496 e. The largest absolute Gasteiger partial charge is 0.496 e. The van der Waals surface area contributed by atoms with E-state index in [0.29, 0.717) is 12.3 Å². The van der Waals surface area contributed by atoms with Gasteiger partial charge in [0.05, 0.1) is 13.2 Å². The summed E-state index contributed by atoms with van der Waals surface area (Å²) in [6.07, 6.45) is 3.57. The van der Waals surface area contributed by atoms with Gasteiger partial charge in [0.1, 0.15) is 5.75 Å². The highest BCUT2D eigenvalue weighted by Gasteiger charge is 2.09. The molecule has 1 unspecified atom stereocenters. The maximum atomic E-state index is 9.98. The summed E-state index contributed by atoms with van der Waals surface area (Å²) in [4.78, 5) is 0. The van der Waals surface area contributed by atoms with E-state index >= 15 is 0 Å². The molecule has 0 amide bonds. The van der Waals surface area contributed by atoms with Crippen LogP contribution in [0.5, 0.6) is 5.75 Å². The predicted octanol–water partition coefficient (Wildman–Crippen LogP) is 3.42. The molecule has 0 bridgehead atoms. The lowest BCUT2D eigenvalue weighted by atomic mass is 10.00. The fourth-order valence-electron chi connectivity index (χ4n) is 1.99. The minimum atomic E-state index is -0.259. The van der Waals surface area contributed by atoms with Crippen LogP contribution in [0, 0.1) is 5.92 Å². The zero-order valence-corrected chi connectivity index (χ0v) is 11.1. The molecule has 0 spiro atoms. The average Bonchev–Trinajstić information content (AvgIpc) is 2.29. The number of benzene rings is 1. The van der Waals surface area contributed by atoms with E-state index in [-0.39, 0.29) is 6.10 Å². The van der Waals surface area contributed by atoms with Gasteiger partial charge in [0.25, 0.3) is 0 Å². The number of aliphatic hydroxyl groups excluding tert-OH is 1. The van der Waals surface area contributed by atoms with E-state index in [4.69, 9.17) is 4.74 Å². The Morgan fingerprint density at radius 2 is 1.88 bits per heavy atom. The Bertz CT molecular complexity index is 320. The van der Waals surface area contributed by atoms with Gasteiger partial charge in [0.2, 0.25) is 0 Å². The molecular weight excluding hydrogens is 212 g/mol. The van der Waals surface area contributed by atoms with Crippen molar-refractivity contribution in [1.82, 2.24) is 0 Å². The molecule has 17 heavy (non-hydrogen) atoms. The van der Waals surface area contributed by atoms with E-state index in [9.17, 15) is 5.11 Å². The second kappa shape index (κ2) is 7.33. The van der Waals surface area contributed by atoms with E-state index in [0.717, 1.165) is 24.2 Å². The van der Waals surface area contributed by atoms with Gasteiger partial charge in [-0.3, -0.25) is 0 Å². The Morgan fingerprint density at radius 1 is 1.18 bits per heavy atom. The van der Waals surface area contributed by atoms with E-state index in [1.807, 2.05) is 24.3 Å². The summed E-state index contributed by atoms with van der Waals surface area (Å²) < 4.78 is 5.28. The quantitative estimate of drug-likeness (QED) is 0.786. The average molecular weight is 236 g/mol. The summed E-state index contributed by atoms with van der Waals surface area (Å²) in [5, 5.41) is 9.98. The number of hydrogen-bond donors (Lipinski definition) is 1. The molecule has 1 aromatic carbocycles. The summed E-state index contributed by atoms with van der Waals surface area (Å²) in [6, 6.07) is 7.90. The zero-order valence-electron chi connectivity index (χ0n) is 11.1. The molecule has 0 radical (unpaired) electrons. The summed E-state index contributed by atoms with van der Waals surface area (Å²) in [5.74, 6) is 1.59. The van der Waals surface area contributed by atoms with Crippen LogP contribution in [0.2, 0.25) is 0 Å². The molecule has 1 rings (SSSR count). The summed E-state index contributed by atoms with van der Waals surface area (Å²) in [5.41, 5.74) is 1.09. The number of methoxy groups -OCH3 is 1. The van der Waals surface area contributed by atoms with E-state index < -0.39 is 0 Å². The van der Waals surface area contributed by atoms with Gasteiger partial charge in [-0.1, -0.05) is 44.9 Å². The Kier molecular flexibility index (Phi) is 6.06. The van der Waals surface area contributed by atoms with Gasteiger partial charge in [-0.2, -0.15) is 0 Å². The van der Waals surface area contributed by atoms with Gasteiger partial charge in [-0.05, 0) is 24.0 Å².